The maximum atomic E-state index is 12.9. The predicted molar refractivity (Wildman–Crippen MR) is 75.5 cm³/mol. The number of hydrogen-bond acceptors (Lipinski definition) is 2. The van der Waals surface area contributed by atoms with Gasteiger partial charge in [0.15, 0.2) is 0 Å². The van der Waals surface area contributed by atoms with E-state index in [1.54, 1.807) is 26.8 Å². The molecule has 2 aromatic rings. The van der Waals surface area contributed by atoms with Gasteiger partial charge in [-0.25, -0.2) is 0 Å². The molecule has 1 aromatic carbocycles. The smallest absolute Gasteiger partial charge is 0.417 e. The van der Waals surface area contributed by atoms with E-state index < -0.39 is 23.7 Å². The Labute approximate surface area is 126 Å². The summed E-state index contributed by atoms with van der Waals surface area (Å²) in [5.74, 6) is 0.553. The molecule has 1 aromatic heterocycles. The largest absolute Gasteiger partial charge is 0.466 e. The van der Waals surface area contributed by atoms with Crippen LogP contribution in [-0.4, -0.2) is 5.91 Å². The molecule has 0 fully saturated rings. The second-order valence-corrected chi connectivity index (χ2v) is 5.11. The third-order valence-corrected chi connectivity index (χ3v) is 3.37. The first-order valence-corrected chi connectivity index (χ1v) is 6.74. The zero-order valence-electron chi connectivity index (χ0n) is 12.4. The van der Waals surface area contributed by atoms with Gasteiger partial charge in [0.1, 0.15) is 11.5 Å². The lowest BCUT2D eigenvalue weighted by atomic mass is 10.0. The van der Waals surface area contributed by atoms with Crippen LogP contribution in [0.5, 0.6) is 0 Å². The van der Waals surface area contributed by atoms with E-state index in [9.17, 15) is 18.0 Å². The molecule has 6 heteroatoms. The highest BCUT2D eigenvalue weighted by Crippen LogP contribution is 2.32. The normalized spacial score (nSPS) is 13.0. The number of furan rings is 1. The summed E-state index contributed by atoms with van der Waals surface area (Å²) in [5.41, 5.74) is -0.588. The van der Waals surface area contributed by atoms with E-state index in [4.69, 9.17) is 4.42 Å². The van der Waals surface area contributed by atoms with Gasteiger partial charge in [-0.3, -0.25) is 4.79 Å². The highest BCUT2D eigenvalue weighted by atomic mass is 19.4. The molecule has 2 rings (SSSR count). The molecule has 1 N–H and O–H groups in total. The first-order valence-electron chi connectivity index (χ1n) is 6.74. The molecule has 118 valence electrons. The van der Waals surface area contributed by atoms with Gasteiger partial charge in [-0.1, -0.05) is 12.1 Å². The molecule has 0 saturated heterocycles. The van der Waals surface area contributed by atoms with Crippen molar-refractivity contribution in [3.05, 3.63) is 58.5 Å². The average Bonchev–Trinajstić information content (AvgIpc) is 2.76. The van der Waals surface area contributed by atoms with Crippen molar-refractivity contribution in [3.8, 4) is 0 Å². The second-order valence-electron chi connectivity index (χ2n) is 5.11. The fraction of sp³-hybridized carbons (Fsp3) is 0.312. The number of nitrogens with one attached hydrogen (secondary N) is 1. The van der Waals surface area contributed by atoms with Gasteiger partial charge in [0.25, 0.3) is 5.91 Å². The number of rotatable bonds is 3. The molecule has 0 spiro atoms. The minimum absolute atomic E-state index is 0.389. The van der Waals surface area contributed by atoms with E-state index in [-0.39, 0.29) is 5.56 Å². The Morgan fingerprint density at radius 1 is 1.23 bits per heavy atom. The fourth-order valence-electron chi connectivity index (χ4n) is 2.36. The van der Waals surface area contributed by atoms with Gasteiger partial charge in [-0.15, -0.1) is 0 Å². The number of aryl methyl sites for hydroxylation is 2. The van der Waals surface area contributed by atoms with Crippen LogP contribution in [0.25, 0.3) is 0 Å². The van der Waals surface area contributed by atoms with E-state index in [1.807, 2.05) is 0 Å². The molecule has 0 unspecified atom stereocenters. The van der Waals surface area contributed by atoms with Crippen molar-refractivity contribution in [3.63, 3.8) is 0 Å². The topological polar surface area (TPSA) is 42.2 Å². The van der Waals surface area contributed by atoms with Crippen LogP contribution in [0.15, 0.2) is 34.7 Å². The van der Waals surface area contributed by atoms with Crippen molar-refractivity contribution in [2.75, 3.05) is 0 Å². The van der Waals surface area contributed by atoms with E-state index in [1.165, 1.54) is 18.2 Å². The second kappa shape index (κ2) is 5.87. The first kappa shape index (κ1) is 16.1. The van der Waals surface area contributed by atoms with Crippen molar-refractivity contribution in [2.24, 2.45) is 0 Å². The molecule has 0 aliphatic rings. The Kier molecular flexibility index (Phi) is 4.30. The minimum atomic E-state index is -4.57. The Morgan fingerprint density at radius 2 is 1.86 bits per heavy atom. The number of carbonyl (C=O) groups is 1. The van der Waals surface area contributed by atoms with Gasteiger partial charge in [-0.05, 0) is 39.0 Å². The SMILES string of the molecule is Cc1cc([C@@H](C)NC(=O)c2ccccc2C(F)(F)F)c(C)o1. The Morgan fingerprint density at radius 3 is 2.41 bits per heavy atom. The highest BCUT2D eigenvalue weighted by molar-refractivity contribution is 5.96. The number of amides is 1. The summed E-state index contributed by atoms with van der Waals surface area (Å²) in [4.78, 5) is 12.2. The standard InChI is InChI=1S/C16H16F3NO2/c1-9-8-13(11(3)22-9)10(2)20-15(21)12-6-4-5-7-14(12)16(17,18)19/h4-8,10H,1-3H3,(H,20,21)/t10-/m1/s1. The molecule has 1 heterocycles. The lowest BCUT2D eigenvalue weighted by Crippen LogP contribution is -2.29. The van der Waals surface area contributed by atoms with Crippen LogP contribution in [0.4, 0.5) is 13.2 Å². The molecule has 22 heavy (non-hydrogen) atoms. The van der Waals surface area contributed by atoms with Crippen LogP contribution >= 0.6 is 0 Å². The molecule has 0 radical (unpaired) electrons. The summed E-state index contributed by atoms with van der Waals surface area (Å²) in [6, 6.07) is 6.03. The number of hydrogen-bond donors (Lipinski definition) is 1. The first-order chi connectivity index (χ1) is 10.2. The third-order valence-electron chi connectivity index (χ3n) is 3.37. The fourth-order valence-corrected chi connectivity index (χ4v) is 2.36. The van der Waals surface area contributed by atoms with Gasteiger partial charge in [-0.2, -0.15) is 13.2 Å². The van der Waals surface area contributed by atoms with Gasteiger partial charge >= 0.3 is 6.18 Å². The van der Waals surface area contributed by atoms with Crippen molar-refractivity contribution in [2.45, 2.75) is 33.0 Å². The molecule has 1 amide bonds. The van der Waals surface area contributed by atoms with Gasteiger partial charge in [0, 0.05) is 5.56 Å². The van der Waals surface area contributed by atoms with Crippen LogP contribution in [0.3, 0.4) is 0 Å². The Balaban J connectivity index is 2.25. The van der Waals surface area contributed by atoms with Crippen molar-refractivity contribution < 1.29 is 22.4 Å². The maximum absolute atomic E-state index is 12.9. The monoisotopic (exact) mass is 311 g/mol. The molecule has 0 aliphatic heterocycles. The molecule has 0 bridgehead atoms. The maximum Gasteiger partial charge on any atom is 0.417 e. The number of halogens is 3. The van der Waals surface area contributed by atoms with Gasteiger partial charge < -0.3 is 9.73 Å². The summed E-state index contributed by atoms with van der Waals surface area (Å²) in [6.07, 6.45) is -4.57. The minimum Gasteiger partial charge on any atom is -0.466 e. The molecular weight excluding hydrogens is 295 g/mol. The number of carbonyl (C=O) groups excluding carboxylic acids is 1. The Bertz CT molecular complexity index is 689. The van der Waals surface area contributed by atoms with Crippen LogP contribution in [0.2, 0.25) is 0 Å². The summed E-state index contributed by atoms with van der Waals surface area (Å²) < 4.78 is 44.2. The van der Waals surface area contributed by atoms with Crippen LogP contribution < -0.4 is 5.32 Å². The van der Waals surface area contributed by atoms with Gasteiger partial charge in [0.05, 0.1) is 17.2 Å². The van der Waals surface area contributed by atoms with Crippen LogP contribution in [-0.2, 0) is 6.18 Å². The summed E-state index contributed by atoms with van der Waals surface area (Å²) in [7, 11) is 0. The summed E-state index contributed by atoms with van der Waals surface area (Å²) in [5, 5.41) is 2.58. The van der Waals surface area contributed by atoms with Crippen molar-refractivity contribution in [1.29, 1.82) is 0 Å². The molecule has 1 atom stereocenters. The zero-order chi connectivity index (χ0) is 16.5. The quantitative estimate of drug-likeness (QED) is 0.912. The number of alkyl halides is 3. The average molecular weight is 311 g/mol. The van der Waals surface area contributed by atoms with E-state index >= 15 is 0 Å². The van der Waals surface area contributed by atoms with Crippen LogP contribution in [0.1, 0.15) is 46.0 Å². The van der Waals surface area contributed by atoms with Crippen molar-refractivity contribution in [1.82, 2.24) is 5.32 Å². The van der Waals surface area contributed by atoms with Gasteiger partial charge in [0.2, 0.25) is 0 Å². The van der Waals surface area contributed by atoms with E-state index in [0.29, 0.717) is 11.5 Å². The summed E-state index contributed by atoms with van der Waals surface area (Å²) >= 11 is 0. The molecule has 0 saturated carbocycles. The molecular formula is C16H16F3NO2. The number of benzene rings is 1. The highest BCUT2D eigenvalue weighted by Gasteiger charge is 2.35. The zero-order valence-corrected chi connectivity index (χ0v) is 12.4. The van der Waals surface area contributed by atoms with Crippen molar-refractivity contribution >= 4 is 5.91 Å². The third kappa shape index (κ3) is 3.32. The van der Waals surface area contributed by atoms with E-state index in [0.717, 1.165) is 11.6 Å². The summed E-state index contributed by atoms with van der Waals surface area (Å²) in [6.45, 7) is 5.21. The molecule has 3 nitrogen and oxygen atoms in total. The lowest BCUT2D eigenvalue weighted by molar-refractivity contribution is -0.137. The Hall–Kier alpha value is -2.24. The molecule has 0 aliphatic carbocycles. The lowest BCUT2D eigenvalue weighted by Gasteiger charge is -2.16. The predicted octanol–water partition coefficient (Wildman–Crippen LogP) is 4.41. The van der Waals surface area contributed by atoms with Crippen LogP contribution in [0, 0.1) is 13.8 Å². The van der Waals surface area contributed by atoms with E-state index in [2.05, 4.69) is 5.32 Å².